The molecule has 0 radical (unpaired) electrons. The molecule has 31 heavy (non-hydrogen) atoms. The van der Waals surface area contributed by atoms with Crippen LogP contribution in [0.2, 0.25) is 0 Å². The Kier molecular flexibility index (Phi) is 14.2. The molecule has 0 aromatic heterocycles. The molecule has 0 aliphatic rings. The molecule has 0 aliphatic heterocycles. The molecule has 0 heterocycles. The first-order valence-corrected chi connectivity index (χ1v) is 12.4. The van der Waals surface area contributed by atoms with Gasteiger partial charge in [-0.1, -0.05) is 70.8 Å². The van der Waals surface area contributed by atoms with E-state index in [1.807, 2.05) is 6.07 Å². The van der Waals surface area contributed by atoms with Gasteiger partial charge in [-0.3, -0.25) is 4.55 Å². The maximum Gasteiger partial charge on any atom is 1.00 e. The van der Waals surface area contributed by atoms with E-state index in [2.05, 4.69) is 6.92 Å². The second-order valence-electron chi connectivity index (χ2n) is 7.79. The molecular formula is C24H33KO5S. The Balaban J connectivity index is 0.00000480. The fourth-order valence-corrected chi connectivity index (χ4v) is 3.95. The number of hydrogen-bond acceptors (Lipinski definition) is 4. The van der Waals surface area contributed by atoms with Gasteiger partial charge in [0.05, 0.1) is 4.90 Å². The van der Waals surface area contributed by atoms with Gasteiger partial charge >= 0.3 is 51.4 Å². The van der Waals surface area contributed by atoms with E-state index in [1.54, 1.807) is 6.07 Å². The second kappa shape index (κ2) is 15.4. The molecule has 0 unspecified atom stereocenters. The van der Waals surface area contributed by atoms with Crippen molar-refractivity contribution < 1.29 is 74.2 Å². The summed E-state index contributed by atoms with van der Waals surface area (Å²) in [5, 5.41) is 12.0. The van der Waals surface area contributed by atoms with Gasteiger partial charge in [-0.25, -0.2) is 0 Å². The molecule has 2 rings (SSSR count). The molecule has 2 aromatic rings. The summed E-state index contributed by atoms with van der Waals surface area (Å²) in [6.45, 7) is 2.24. The van der Waals surface area contributed by atoms with Gasteiger partial charge in [-0.05, 0) is 54.8 Å². The zero-order valence-electron chi connectivity index (χ0n) is 18.8. The molecule has 0 atom stereocenters. The predicted octanol–water partition coefficient (Wildman–Crippen LogP) is 3.27. The van der Waals surface area contributed by atoms with Crippen LogP contribution in [0.3, 0.4) is 0 Å². The van der Waals surface area contributed by atoms with Crippen molar-refractivity contribution >= 4 is 10.1 Å². The first-order chi connectivity index (χ1) is 14.4. The third-order valence-electron chi connectivity index (χ3n) is 5.12. The Hall–Kier alpha value is -0.414. The average Bonchev–Trinajstić information content (AvgIpc) is 2.69. The summed E-state index contributed by atoms with van der Waals surface area (Å²) in [5.41, 5.74) is 0.951. The van der Waals surface area contributed by atoms with Crippen LogP contribution in [0.1, 0.15) is 76.7 Å². The van der Waals surface area contributed by atoms with Crippen LogP contribution < -0.4 is 61.2 Å². The van der Waals surface area contributed by atoms with E-state index in [1.165, 1.54) is 81.7 Å². The molecule has 0 bridgehead atoms. The molecule has 0 saturated carbocycles. The average molecular weight is 473 g/mol. The van der Waals surface area contributed by atoms with Crippen molar-refractivity contribution in [3.05, 3.63) is 48.0 Å². The normalized spacial score (nSPS) is 11.2. The van der Waals surface area contributed by atoms with Gasteiger partial charge in [0.2, 0.25) is 0 Å². The van der Waals surface area contributed by atoms with E-state index in [4.69, 9.17) is 9.29 Å². The van der Waals surface area contributed by atoms with Crippen LogP contribution in [0.4, 0.5) is 0 Å². The summed E-state index contributed by atoms with van der Waals surface area (Å²) < 4.78 is 36.9. The standard InChI is InChI=1S/C24H34O5S.K/c1-2-3-4-5-6-7-8-9-10-11-12-20-17-21(25)19-23(18-20)29-22-13-15-24(16-14-22)30(26,27)28;/h13-19,25H,2-12H2,1H3,(H,26,27,28);/q;+1/p-1. The van der Waals surface area contributed by atoms with Crippen LogP contribution in [0.5, 0.6) is 17.2 Å². The first-order valence-electron chi connectivity index (χ1n) is 10.9. The molecular weight excluding hydrogens is 439 g/mol. The first kappa shape index (κ1) is 28.6. The van der Waals surface area contributed by atoms with Gasteiger partial charge in [0, 0.05) is 0 Å². The molecule has 166 valence electrons. The third-order valence-corrected chi connectivity index (χ3v) is 5.98. The zero-order chi connectivity index (χ0) is 21.8. The van der Waals surface area contributed by atoms with Crippen molar-refractivity contribution in [2.75, 3.05) is 0 Å². The maximum absolute atomic E-state index is 12.0. The topological polar surface area (TPSA) is 86.7 Å². The fourth-order valence-electron chi connectivity index (χ4n) is 3.47. The summed E-state index contributed by atoms with van der Waals surface area (Å²) in [7, 11) is -4.24. The van der Waals surface area contributed by atoms with Gasteiger partial charge in [0.25, 0.3) is 10.1 Å². The Labute approximate surface area is 229 Å². The van der Waals surface area contributed by atoms with Crippen molar-refractivity contribution in [1.29, 1.82) is 0 Å². The zero-order valence-corrected chi connectivity index (χ0v) is 22.7. The number of aryl methyl sites for hydroxylation is 1. The molecule has 0 spiro atoms. The quantitative estimate of drug-likeness (QED) is 0.259. The molecule has 0 fully saturated rings. The van der Waals surface area contributed by atoms with E-state index >= 15 is 0 Å². The van der Waals surface area contributed by atoms with E-state index < -0.39 is 10.1 Å². The van der Waals surface area contributed by atoms with Crippen LogP contribution in [-0.2, 0) is 16.5 Å². The Morgan fingerprint density at radius 3 is 1.90 bits per heavy atom. The molecule has 0 aliphatic carbocycles. The van der Waals surface area contributed by atoms with Crippen LogP contribution in [0.25, 0.3) is 0 Å². The molecule has 0 amide bonds. The maximum atomic E-state index is 12.0. The van der Waals surface area contributed by atoms with Gasteiger partial charge in [-0.2, -0.15) is 8.42 Å². The minimum Gasteiger partial charge on any atom is -0.872 e. The van der Waals surface area contributed by atoms with Gasteiger partial charge in [0.15, 0.2) is 0 Å². The monoisotopic (exact) mass is 472 g/mol. The summed E-state index contributed by atoms with van der Waals surface area (Å²) in [6.07, 6.45) is 13.5. The molecule has 0 saturated heterocycles. The number of rotatable bonds is 14. The van der Waals surface area contributed by atoms with E-state index in [0.717, 1.165) is 24.8 Å². The molecule has 2 aromatic carbocycles. The summed E-state index contributed by atoms with van der Waals surface area (Å²) in [4.78, 5) is -0.200. The molecule has 5 nitrogen and oxygen atoms in total. The second-order valence-corrected chi connectivity index (χ2v) is 9.21. The van der Waals surface area contributed by atoms with Gasteiger partial charge in [-0.15, -0.1) is 5.75 Å². The Bertz CT molecular complexity index is 866. The molecule has 1 N–H and O–H groups in total. The summed E-state index contributed by atoms with van der Waals surface area (Å²) in [5.74, 6) is 0.728. The third kappa shape index (κ3) is 11.9. The number of hydrogen-bond donors (Lipinski definition) is 1. The van der Waals surface area contributed by atoms with Crippen LogP contribution in [0, 0.1) is 0 Å². The SMILES string of the molecule is CCCCCCCCCCCCc1cc([O-])cc(Oc2ccc(S(=O)(=O)O)cc2)c1.[K+]. The predicted molar refractivity (Wildman–Crippen MR) is 118 cm³/mol. The number of unbranched alkanes of at least 4 members (excludes halogenated alkanes) is 9. The van der Waals surface area contributed by atoms with Crippen molar-refractivity contribution in [3.8, 4) is 17.2 Å². The molecule has 7 heteroatoms. The number of ether oxygens (including phenoxy) is 1. The minimum atomic E-state index is -4.24. The fraction of sp³-hybridized carbons (Fsp3) is 0.500. The van der Waals surface area contributed by atoms with Gasteiger partial charge < -0.3 is 9.84 Å². The van der Waals surface area contributed by atoms with Crippen molar-refractivity contribution in [3.63, 3.8) is 0 Å². The van der Waals surface area contributed by atoms with Gasteiger partial charge in [0.1, 0.15) is 11.5 Å². The van der Waals surface area contributed by atoms with Crippen LogP contribution in [0.15, 0.2) is 47.4 Å². The van der Waals surface area contributed by atoms with E-state index in [0.29, 0.717) is 11.5 Å². The van der Waals surface area contributed by atoms with Crippen LogP contribution >= 0.6 is 0 Å². The smallest absolute Gasteiger partial charge is 0.872 e. The van der Waals surface area contributed by atoms with Crippen LogP contribution in [-0.4, -0.2) is 13.0 Å². The van der Waals surface area contributed by atoms with E-state index in [-0.39, 0.29) is 62.0 Å². The number of benzene rings is 2. The van der Waals surface area contributed by atoms with E-state index in [9.17, 15) is 13.5 Å². The van der Waals surface area contributed by atoms with Crippen molar-refractivity contribution in [1.82, 2.24) is 0 Å². The van der Waals surface area contributed by atoms with Crippen molar-refractivity contribution in [2.45, 2.75) is 82.4 Å². The Morgan fingerprint density at radius 2 is 1.35 bits per heavy atom. The van der Waals surface area contributed by atoms with Crippen molar-refractivity contribution in [2.24, 2.45) is 0 Å². The largest absolute Gasteiger partial charge is 1.00 e. The minimum absolute atomic E-state index is 0. The summed E-state index contributed by atoms with van der Waals surface area (Å²) in [6, 6.07) is 10.3. The summed E-state index contributed by atoms with van der Waals surface area (Å²) >= 11 is 0. The Morgan fingerprint density at radius 1 is 0.806 bits per heavy atom.